The normalized spacial score (nSPS) is 20.3. The summed E-state index contributed by atoms with van der Waals surface area (Å²) in [6, 6.07) is -43.9. The number of para-hydroxylation sites is 3. The third-order valence-corrected chi connectivity index (χ3v) is 15.2. The standard InChI is InChI=1S/C66H46N2Si/c1-5-21-47(22-6-1)57-33-13-16-36-62(57)68-64-38-18-15-35-59(64)61-45-51(40-42-66(61)68)49-24-19-23-48(43-49)50-39-41-65-60(44-50)58-34-14-17-37-63(58)67(65)52-25-20-32-56(46-52)69(53-26-7-2-8-27-53,54-28-9-3-10-29-54)55-30-11-4-12-31-55/h1-46H/i1D,2D,3D,4D,5D,6D,7D,8D,9D,10D,11D,12D,14D,15D,17D,18D,19D,20D,21D,22D,23D,24D,25D,26D,27D,28D,29D,30D,31D,32D,34D,35D,37D,38D,39D,40D,41D,42D,43D,44D,45D,46D. The largest absolute Gasteiger partial charge is 0.309 e. The molecule has 69 heavy (non-hydrogen) atoms. The molecule has 2 nitrogen and oxygen atoms in total. The van der Waals surface area contributed by atoms with E-state index >= 15 is 0 Å². The average Bonchev–Trinajstić information content (AvgIpc) is 1.44. The first kappa shape index (κ1) is 16.2. The molecule has 2 heterocycles. The second-order valence-corrected chi connectivity index (χ2v) is 18.3. The van der Waals surface area contributed by atoms with Crippen molar-refractivity contribution >= 4 is 72.4 Å². The number of benzene rings is 11. The van der Waals surface area contributed by atoms with E-state index in [9.17, 15) is 32.9 Å². The Kier molecular flexibility index (Phi) is 3.95. The topological polar surface area (TPSA) is 9.86 Å². The van der Waals surface area contributed by atoms with E-state index in [1.165, 1.54) is 24.3 Å². The fraction of sp³-hybridized carbons (Fsp3) is 0. The lowest BCUT2D eigenvalue weighted by Crippen LogP contribution is -2.74. The van der Waals surface area contributed by atoms with Gasteiger partial charge in [0.25, 0.3) is 0 Å². The number of rotatable bonds is 9. The molecule has 0 radical (unpaired) electrons. The molecule has 0 aliphatic rings. The Balaban J connectivity index is 1.20. The molecule has 11 aromatic carbocycles. The van der Waals surface area contributed by atoms with E-state index in [4.69, 9.17) is 24.7 Å². The lowest BCUT2D eigenvalue weighted by atomic mass is 9.97. The zero-order valence-corrected chi connectivity index (χ0v) is 35.7. The Bertz CT molecular complexity index is 6270. The van der Waals surface area contributed by atoms with Gasteiger partial charge in [0.15, 0.2) is 8.07 Å². The van der Waals surface area contributed by atoms with E-state index in [2.05, 4.69) is 0 Å². The zero-order valence-electron chi connectivity index (χ0n) is 76.7. The summed E-state index contributed by atoms with van der Waals surface area (Å²) >= 11 is 0. The lowest BCUT2D eigenvalue weighted by Gasteiger charge is -2.34. The van der Waals surface area contributed by atoms with Crippen LogP contribution in [0.1, 0.15) is 57.6 Å². The second-order valence-electron chi connectivity index (χ2n) is 14.8. The summed E-state index contributed by atoms with van der Waals surface area (Å²) in [5.41, 5.74) is -9.38. The van der Waals surface area contributed by atoms with E-state index in [0.717, 1.165) is 4.57 Å². The van der Waals surface area contributed by atoms with Gasteiger partial charge in [0, 0.05) is 32.8 Å². The van der Waals surface area contributed by atoms with Crippen molar-refractivity contribution in [1.29, 1.82) is 0 Å². The Hall–Kier alpha value is -8.76. The first-order valence-electron chi connectivity index (χ1n) is 41.4. The highest BCUT2D eigenvalue weighted by atomic mass is 28.3. The minimum absolute atomic E-state index is 0.188. The minimum atomic E-state index is -6.66. The molecular formula is C66H46N2Si. The number of hydrogen-bond donors (Lipinski definition) is 0. The van der Waals surface area contributed by atoms with Gasteiger partial charge in [0.1, 0.15) is 0 Å². The lowest BCUT2D eigenvalue weighted by molar-refractivity contribution is 1.18. The van der Waals surface area contributed by atoms with Crippen molar-refractivity contribution in [3.8, 4) is 44.8 Å². The molecule has 0 fully saturated rings. The van der Waals surface area contributed by atoms with Crippen molar-refractivity contribution < 1.29 is 57.6 Å². The molecule has 0 spiro atoms. The van der Waals surface area contributed by atoms with Crippen molar-refractivity contribution in [2.75, 3.05) is 0 Å². The van der Waals surface area contributed by atoms with Gasteiger partial charge in [-0.15, -0.1) is 0 Å². The van der Waals surface area contributed by atoms with Gasteiger partial charge in [-0.05, 0) is 109 Å². The van der Waals surface area contributed by atoms with Crippen LogP contribution in [0.5, 0.6) is 0 Å². The third kappa shape index (κ3) is 6.70. The average molecular weight is 937 g/mol. The fourth-order valence-corrected chi connectivity index (χ4v) is 11.9. The molecule has 2 aromatic heterocycles. The van der Waals surface area contributed by atoms with Crippen LogP contribution in [0.15, 0.2) is 278 Å². The predicted octanol–water partition coefficient (Wildman–Crippen LogP) is 14.3. The summed E-state index contributed by atoms with van der Waals surface area (Å²) < 4.78 is 394. The van der Waals surface area contributed by atoms with E-state index in [1.807, 2.05) is 0 Å². The van der Waals surface area contributed by atoms with Crippen molar-refractivity contribution in [2.45, 2.75) is 0 Å². The van der Waals surface area contributed by atoms with Crippen molar-refractivity contribution in [3.63, 3.8) is 0 Å². The zero-order chi connectivity index (χ0) is 82.3. The van der Waals surface area contributed by atoms with Gasteiger partial charge in [-0.2, -0.15) is 0 Å². The van der Waals surface area contributed by atoms with Crippen LogP contribution >= 0.6 is 0 Å². The van der Waals surface area contributed by atoms with Crippen LogP contribution in [-0.2, 0) is 0 Å². The maximum absolute atomic E-state index is 10.6. The summed E-state index contributed by atoms with van der Waals surface area (Å²) in [6.07, 6.45) is 0. The molecule has 3 heteroatoms. The van der Waals surface area contributed by atoms with Crippen molar-refractivity contribution in [3.05, 3.63) is 278 Å². The molecule has 0 bridgehead atoms. The molecule has 0 unspecified atom stereocenters. The first-order valence-corrected chi connectivity index (χ1v) is 22.4. The predicted molar refractivity (Wildman–Crippen MR) is 295 cm³/mol. The molecule has 0 aliphatic carbocycles. The van der Waals surface area contributed by atoms with Gasteiger partial charge in [0.05, 0.1) is 85.3 Å². The van der Waals surface area contributed by atoms with Crippen LogP contribution in [-0.4, -0.2) is 17.2 Å². The molecule has 13 aromatic rings. The molecule has 0 amide bonds. The summed E-state index contributed by atoms with van der Waals surface area (Å²) in [6.45, 7) is 0. The van der Waals surface area contributed by atoms with E-state index in [0.29, 0.717) is 4.57 Å². The molecule has 0 atom stereocenters. The van der Waals surface area contributed by atoms with E-state index in [1.54, 1.807) is 0 Å². The molecule has 0 aliphatic heterocycles. The number of hydrogen-bond acceptors (Lipinski definition) is 0. The summed E-state index contributed by atoms with van der Waals surface area (Å²) in [4.78, 5) is 0. The van der Waals surface area contributed by atoms with Crippen LogP contribution in [0.4, 0.5) is 0 Å². The number of aromatic nitrogens is 2. The Morgan fingerprint density at radius 3 is 1.29 bits per heavy atom. The van der Waals surface area contributed by atoms with Crippen LogP contribution < -0.4 is 20.7 Å². The fourth-order valence-electron chi connectivity index (χ4n) is 8.30. The van der Waals surface area contributed by atoms with Crippen LogP contribution in [0, 0.1) is 0 Å². The van der Waals surface area contributed by atoms with Gasteiger partial charge < -0.3 is 9.13 Å². The third-order valence-electron chi connectivity index (χ3n) is 11.2. The molecule has 13 rings (SSSR count). The highest BCUT2D eigenvalue weighted by Gasteiger charge is 2.41. The quantitative estimate of drug-likeness (QED) is 0.101. The molecule has 0 saturated heterocycles. The maximum Gasteiger partial charge on any atom is 0.179 e. The maximum atomic E-state index is 10.6. The van der Waals surface area contributed by atoms with Gasteiger partial charge in [-0.1, -0.05) is 218 Å². The molecule has 324 valence electrons. The number of fused-ring (bicyclic) bond motifs is 6. The summed E-state index contributed by atoms with van der Waals surface area (Å²) in [7, 11) is -6.66. The Morgan fingerprint density at radius 2 is 0.710 bits per heavy atom. The smallest absolute Gasteiger partial charge is 0.179 e. The van der Waals surface area contributed by atoms with Crippen LogP contribution in [0.2, 0.25) is 0 Å². The van der Waals surface area contributed by atoms with Crippen LogP contribution in [0.25, 0.3) is 88.4 Å². The molecular weight excluding hydrogens is 849 g/mol. The highest BCUT2D eigenvalue weighted by Crippen LogP contribution is 2.40. The number of nitrogens with zero attached hydrogens (tertiary/aromatic N) is 2. The van der Waals surface area contributed by atoms with Gasteiger partial charge in [0.2, 0.25) is 0 Å². The minimum Gasteiger partial charge on any atom is -0.309 e. The first-order chi connectivity index (χ1) is 51.7. The second kappa shape index (κ2) is 16.8. The molecule has 0 N–H and O–H groups in total. The Morgan fingerprint density at radius 1 is 0.290 bits per heavy atom. The highest BCUT2D eigenvalue weighted by molar-refractivity contribution is 7.19. The monoisotopic (exact) mass is 937 g/mol. The van der Waals surface area contributed by atoms with E-state index < -0.39 is 360 Å². The van der Waals surface area contributed by atoms with Crippen LogP contribution in [0.3, 0.4) is 0 Å². The Labute approximate surface area is 462 Å². The molecule has 0 saturated carbocycles. The van der Waals surface area contributed by atoms with Gasteiger partial charge in [-0.3, -0.25) is 0 Å². The van der Waals surface area contributed by atoms with E-state index in [-0.39, 0.29) is 11.3 Å². The summed E-state index contributed by atoms with van der Waals surface area (Å²) in [5, 5.41) is -8.20. The van der Waals surface area contributed by atoms with Gasteiger partial charge in [-0.25, -0.2) is 0 Å². The van der Waals surface area contributed by atoms with Gasteiger partial charge >= 0.3 is 0 Å². The van der Waals surface area contributed by atoms with Crippen molar-refractivity contribution in [2.24, 2.45) is 0 Å². The summed E-state index contributed by atoms with van der Waals surface area (Å²) in [5.74, 6) is 0. The van der Waals surface area contributed by atoms with Crippen molar-refractivity contribution in [1.82, 2.24) is 9.13 Å². The SMILES string of the molecule is [2H]c1c([2H])c([2H])c(-c2ccccc2-n2c3c([2H])c([2H])c([2H])c([2H])c3c3c([2H])c(-c4c([2H])c([2H])c([2H])c(-c5c([2H])c([2H])c6c(c5[2H])c5c([2H])c([2H])c([2H])c([2H])c5n6-c5c([2H])c([2H])c([2H])c([Si](c6c([2H])c([2H])c([2H])c([2H])c6[2H])(c6c([2H])c([2H])c([2H])c([2H])c6[2H])c6c([2H])c([2H])c([2H])c([2H])c6[2H])c5[2H])c4[2H])c([2H])c([2H])c32)c([2H])c1[2H].